The van der Waals surface area contributed by atoms with Crippen LogP contribution in [0.3, 0.4) is 0 Å². The van der Waals surface area contributed by atoms with E-state index in [-0.39, 0.29) is 11.2 Å². The molecule has 0 amide bonds. The summed E-state index contributed by atoms with van der Waals surface area (Å²) < 4.78 is 6.29. The van der Waals surface area contributed by atoms with Gasteiger partial charge >= 0.3 is 0 Å². The molecule has 2 fully saturated rings. The first-order chi connectivity index (χ1) is 8.77. The molecule has 0 saturated carbocycles. The fourth-order valence-corrected chi connectivity index (χ4v) is 5.20. The Morgan fingerprint density at radius 3 is 2.47 bits per heavy atom. The molecule has 0 aromatic heterocycles. The van der Waals surface area contributed by atoms with E-state index in [1.165, 1.54) is 18.1 Å². The highest BCUT2D eigenvalue weighted by atomic mass is 32.2. The van der Waals surface area contributed by atoms with E-state index < -0.39 is 0 Å². The van der Waals surface area contributed by atoms with Crippen LogP contribution in [-0.2, 0) is 4.74 Å². The number of nitrogens with zero attached hydrogens (tertiary/aromatic N) is 1. The Hall–Kier alpha value is 0.230. The van der Waals surface area contributed by atoms with Crippen molar-refractivity contribution in [3.63, 3.8) is 0 Å². The standard InChI is InChI=1S/C15H30N2OS/c1-14(2)9-11(15(3,4)18-14)13(16-5)12-10-19-8-7-17(12)6/h11-13,16H,7-10H2,1-6H3. The van der Waals surface area contributed by atoms with Gasteiger partial charge in [0.2, 0.25) is 0 Å². The van der Waals surface area contributed by atoms with Gasteiger partial charge < -0.3 is 15.0 Å². The molecule has 4 heteroatoms. The number of hydrogen-bond donors (Lipinski definition) is 1. The third kappa shape index (κ3) is 3.29. The predicted octanol–water partition coefficient (Wildman–Crippen LogP) is 2.22. The van der Waals surface area contributed by atoms with E-state index >= 15 is 0 Å². The molecule has 2 saturated heterocycles. The lowest BCUT2D eigenvalue weighted by molar-refractivity contribution is -0.0797. The first kappa shape index (κ1) is 15.6. The van der Waals surface area contributed by atoms with Gasteiger partial charge in [-0.05, 0) is 48.2 Å². The van der Waals surface area contributed by atoms with E-state index in [0.29, 0.717) is 18.0 Å². The first-order valence-electron chi connectivity index (χ1n) is 7.42. The normalized spacial score (nSPS) is 36.3. The Morgan fingerprint density at radius 2 is 2.00 bits per heavy atom. The van der Waals surface area contributed by atoms with E-state index in [9.17, 15) is 0 Å². The number of thioether (sulfide) groups is 1. The molecule has 2 aliphatic rings. The summed E-state index contributed by atoms with van der Waals surface area (Å²) >= 11 is 2.09. The lowest BCUT2D eigenvalue weighted by Gasteiger charge is -2.43. The van der Waals surface area contributed by atoms with Gasteiger partial charge in [-0.2, -0.15) is 11.8 Å². The Balaban J connectivity index is 2.17. The topological polar surface area (TPSA) is 24.5 Å². The van der Waals surface area contributed by atoms with E-state index in [0.717, 1.165) is 6.42 Å². The highest BCUT2D eigenvalue weighted by molar-refractivity contribution is 7.99. The molecule has 0 spiro atoms. The van der Waals surface area contributed by atoms with Crippen LogP contribution in [0.15, 0.2) is 0 Å². The first-order valence-corrected chi connectivity index (χ1v) is 8.58. The smallest absolute Gasteiger partial charge is 0.0678 e. The second-order valence-electron chi connectivity index (χ2n) is 7.21. The largest absolute Gasteiger partial charge is 0.369 e. The van der Waals surface area contributed by atoms with Crippen molar-refractivity contribution in [3.8, 4) is 0 Å². The van der Waals surface area contributed by atoms with Crippen molar-refractivity contribution in [2.45, 2.75) is 57.4 Å². The number of likely N-dealkylation sites (N-methyl/N-ethyl adjacent to an activating group) is 2. The highest BCUT2D eigenvalue weighted by Crippen LogP contribution is 2.45. The van der Waals surface area contributed by atoms with Crippen molar-refractivity contribution in [1.29, 1.82) is 0 Å². The summed E-state index contributed by atoms with van der Waals surface area (Å²) in [6, 6.07) is 1.13. The van der Waals surface area contributed by atoms with Crippen LogP contribution in [0.5, 0.6) is 0 Å². The van der Waals surface area contributed by atoms with Gasteiger partial charge in [0.25, 0.3) is 0 Å². The average Bonchev–Trinajstić information content (AvgIpc) is 2.51. The molecule has 2 aliphatic heterocycles. The molecule has 3 nitrogen and oxygen atoms in total. The van der Waals surface area contributed by atoms with Crippen molar-refractivity contribution in [2.75, 3.05) is 32.1 Å². The molecule has 2 rings (SSSR count). The van der Waals surface area contributed by atoms with Crippen molar-refractivity contribution in [1.82, 2.24) is 10.2 Å². The monoisotopic (exact) mass is 286 g/mol. The van der Waals surface area contributed by atoms with Gasteiger partial charge in [-0.1, -0.05) is 0 Å². The highest BCUT2D eigenvalue weighted by Gasteiger charge is 2.50. The van der Waals surface area contributed by atoms with Crippen molar-refractivity contribution < 1.29 is 4.74 Å². The maximum atomic E-state index is 6.29. The maximum absolute atomic E-state index is 6.29. The number of rotatable bonds is 3. The zero-order chi connectivity index (χ0) is 14.3. The quantitative estimate of drug-likeness (QED) is 0.860. The molecule has 3 unspecified atom stereocenters. The van der Waals surface area contributed by atoms with E-state index in [1.54, 1.807) is 0 Å². The summed E-state index contributed by atoms with van der Waals surface area (Å²) in [6.45, 7) is 10.2. The summed E-state index contributed by atoms with van der Waals surface area (Å²) in [5.74, 6) is 3.06. The van der Waals surface area contributed by atoms with Gasteiger partial charge in [-0.3, -0.25) is 0 Å². The molecule has 0 radical (unpaired) electrons. The van der Waals surface area contributed by atoms with Crippen molar-refractivity contribution in [2.24, 2.45) is 5.92 Å². The number of ether oxygens (including phenoxy) is 1. The van der Waals surface area contributed by atoms with Crippen LogP contribution in [0.1, 0.15) is 34.1 Å². The van der Waals surface area contributed by atoms with Crippen LogP contribution in [0, 0.1) is 5.92 Å². The van der Waals surface area contributed by atoms with Gasteiger partial charge in [-0.25, -0.2) is 0 Å². The van der Waals surface area contributed by atoms with Gasteiger partial charge in [-0.15, -0.1) is 0 Å². The summed E-state index contributed by atoms with van der Waals surface area (Å²) in [7, 11) is 4.38. The minimum absolute atomic E-state index is 0.00362. The molecule has 112 valence electrons. The molecule has 0 bridgehead atoms. The summed E-state index contributed by atoms with van der Waals surface area (Å²) in [5, 5.41) is 3.60. The maximum Gasteiger partial charge on any atom is 0.0678 e. The predicted molar refractivity (Wildman–Crippen MR) is 83.9 cm³/mol. The molecule has 3 atom stereocenters. The van der Waals surface area contributed by atoms with Crippen LogP contribution in [0.25, 0.3) is 0 Å². The van der Waals surface area contributed by atoms with Crippen LogP contribution in [-0.4, -0.2) is 60.3 Å². The molecule has 0 aromatic carbocycles. The third-order valence-corrected chi connectivity index (χ3v) is 5.82. The summed E-state index contributed by atoms with van der Waals surface area (Å²) in [4.78, 5) is 2.53. The fraction of sp³-hybridized carbons (Fsp3) is 1.00. The molecular weight excluding hydrogens is 256 g/mol. The van der Waals surface area contributed by atoms with E-state index in [2.05, 4.69) is 63.8 Å². The Labute approximate surface area is 122 Å². The third-order valence-electron chi connectivity index (χ3n) is 4.77. The lowest BCUT2D eigenvalue weighted by atomic mass is 9.78. The van der Waals surface area contributed by atoms with E-state index in [4.69, 9.17) is 4.74 Å². The molecule has 0 aliphatic carbocycles. The van der Waals surface area contributed by atoms with Crippen molar-refractivity contribution in [3.05, 3.63) is 0 Å². The van der Waals surface area contributed by atoms with Crippen molar-refractivity contribution >= 4 is 11.8 Å². The SMILES string of the molecule is CNC(C1CSCCN1C)C1CC(C)(C)OC1(C)C. The molecule has 0 aromatic rings. The Morgan fingerprint density at radius 1 is 1.32 bits per heavy atom. The van der Waals surface area contributed by atoms with Crippen LogP contribution < -0.4 is 5.32 Å². The van der Waals surface area contributed by atoms with Crippen LogP contribution >= 0.6 is 11.8 Å². The Bertz CT molecular complexity index is 319. The number of nitrogens with one attached hydrogen (secondary N) is 1. The summed E-state index contributed by atoms with van der Waals surface area (Å²) in [5.41, 5.74) is -0.0379. The van der Waals surface area contributed by atoms with E-state index in [1.807, 2.05) is 0 Å². The second kappa shape index (κ2) is 5.55. The van der Waals surface area contributed by atoms with Gasteiger partial charge in [0.1, 0.15) is 0 Å². The van der Waals surface area contributed by atoms with Crippen LogP contribution in [0.4, 0.5) is 0 Å². The minimum Gasteiger partial charge on any atom is -0.369 e. The molecule has 19 heavy (non-hydrogen) atoms. The lowest BCUT2D eigenvalue weighted by Crippen LogP contribution is -2.57. The zero-order valence-electron chi connectivity index (χ0n) is 13.3. The zero-order valence-corrected chi connectivity index (χ0v) is 14.1. The molecule has 1 N–H and O–H groups in total. The summed E-state index contributed by atoms with van der Waals surface area (Å²) in [6.07, 6.45) is 1.14. The Kier molecular flexibility index (Phi) is 4.56. The minimum atomic E-state index is -0.0415. The second-order valence-corrected chi connectivity index (χ2v) is 8.36. The molecule has 2 heterocycles. The average molecular weight is 286 g/mol. The van der Waals surface area contributed by atoms with Crippen LogP contribution in [0.2, 0.25) is 0 Å². The fourth-order valence-electron chi connectivity index (χ4n) is 3.91. The van der Waals surface area contributed by atoms with Gasteiger partial charge in [0, 0.05) is 36.1 Å². The van der Waals surface area contributed by atoms with Gasteiger partial charge in [0.15, 0.2) is 0 Å². The van der Waals surface area contributed by atoms with Gasteiger partial charge in [0.05, 0.1) is 11.2 Å². The number of hydrogen-bond acceptors (Lipinski definition) is 4. The molecular formula is C15H30N2OS.